The van der Waals surface area contributed by atoms with Crippen molar-refractivity contribution in [1.29, 1.82) is 0 Å². The van der Waals surface area contributed by atoms with Gasteiger partial charge >= 0.3 is 0 Å². The predicted molar refractivity (Wildman–Crippen MR) is 195 cm³/mol. The molecule has 0 saturated heterocycles. The molecule has 5 aromatic heterocycles. The maximum atomic E-state index is 5.08. The fourth-order valence-electron chi connectivity index (χ4n) is 6.74. The van der Waals surface area contributed by atoms with Gasteiger partial charge in [-0.2, -0.15) is 0 Å². The molecule has 0 fully saturated rings. The first-order valence-electron chi connectivity index (χ1n) is 16.4. The molecule has 0 aliphatic carbocycles. The van der Waals surface area contributed by atoms with E-state index >= 15 is 0 Å². The van der Waals surface area contributed by atoms with Crippen LogP contribution in [0, 0.1) is 0 Å². The molecule has 51 heavy (non-hydrogen) atoms. The Bertz CT molecular complexity index is 2560. The van der Waals surface area contributed by atoms with Crippen LogP contribution in [0.15, 0.2) is 146 Å². The van der Waals surface area contributed by atoms with Crippen molar-refractivity contribution in [3.8, 4) is 34.2 Å². The summed E-state index contributed by atoms with van der Waals surface area (Å²) >= 11 is 0. The molecule has 1 aliphatic heterocycles. The van der Waals surface area contributed by atoms with E-state index < -0.39 is 0 Å². The molecule has 242 valence electrons. The number of nitrogens with zero attached hydrogens (tertiary/aromatic N) is 11. The number of anilines is 3. The van der Waals surface area contributed by atoms with Crippen LogP contribution in [-0.4, -0.2) is 49.0 Å². The summed E-state index contributed by atoms with van der Waals surface area (Å²) in [5, 5.41) is 3.65. The fourth-order valence-corrected chi connectivity index (χ4v) is 6.74. The number of para-hydroxylation sites is 3. The van der Waals surface area contributed by atoms with Gasteiger partial charge in [-0.1, -0.05) is 54.6 Å². The molecule has 6 heterocycles. The molecule has 1 aliphatic rings. The summed E-state index contributed by atoms with van der Waals surface area (Å²) in [5.74, 6) is 2.79. The van der Waals surface area contributed by atoms with Gasteiger partial charge in [-0.25, -0.2) is 39.9 Å². The van der Waals surface area contributed by atoms with Gasteiger partial charge in [0.05, 0.1) is 0 Å². The van der Waals surface area contributed by atoms with Gasteiger partial charge < -0.3 is 5.32 Å². The highest BCUT2D eigenvalue weighted by Gasteiger charge is 2.34. The summed E-state index contributed by atoms with van der Waals surface area (Å²) in [6.07, 6.45) is 9.74. The van der Waals surface area contributed by atoms with Crippen molar-refractivity contribution in [3.63, 3.8) is 0 Å². The van der Waals surface area contributed by atoms with E-state index in [9.17, 15) is 0 Å². The molecule has 1 N–H and O–H groups in total. The minimum absolute atomic E-state index is 0.375. The maximum Gasteiger partial charge on any atom is 0.198 e. The Labute approximate surface area is 290 Å². The summed E-state index contributed by atoms with van der Waals surface area (Å²) in [6, 6.07) is 36.8. The lowest BCUT2D eigenvalue weighted by Crippen LogP contribution is -2.24. The number of fused-ring (bicyclic) bond motifs is 3. The highest BCUT2D eigenvalue weighted by atomic mass is 15.4. The van der Waals surface area contributed by atoms with Crippen LogP contribution in [-0.2, 0) is 0 Å². The van der Waals surface area contributed by atoms with Gasteiger partial charge in [-0.15, -0.1) is 0 Å². The van der Waals surface area contributed by atoms with Crippen molar-refractivity contribution < 1.29 is 0 Å². The van der Waals surface area contributed by atoms with E-state index in [-0.39, 0.29) is 6.17 Å². The van der Waals surface area contributed by atoms with Crippen molar-refractivity contribution in [2.75, 3.05) is 10.2 Å². The van der Waals surface area contributed by atoms with E-state index in [2.05, 4.69) is 55.5 Å². The summed E-state index contributed by atoms with van der Waals surface area (Å²) < 4.78 is 4.09. The molecular weight excluding hydrogens is 637 g/mol. The quantitative estimate of drug-likeness (QED) is 0.193. The minimum Gasteiger partial charge on any atom is -0.343 e. The maximum absolute atomic E-state index is 5.08. The lowest BCUT2D eigenvalue weighted by atomic mass is 10.0. The number of rotatable bonds is 6. The van der Waals surface area contributed by atoms with Crippen LogP contribution in [0.4, 0.5) is 17.3 Å². The number of aromatic nitrogens is 10. The van der Waals surface area contributed by atoms with Crippen molar-refractivity contribution in [1.82, 2.24) is 49.0 Å². The predicted octanol–water partition coefficient (Wildman–Crippen LogP) is 7.33. The average molecular weight is 663 g/mol. The van der Waals surface area contributed by atoms with Gasteiger partial charge in [-0.05, 0) is 60.2 Å². The molecule has 1 unspecified atom stereocenters. The topological polar surface area (TPSA) is 128 Å². The Morgan fingerprint density at radius 2 is 0.941 bits per heavy atom. The third kappa shape index (κ3) is 4.76. The smallest absolute Gasteiger partial charge is 0.198 e. The lowest BCUT2D eigenvalue weighted by Gasteiger charge is -2.27. The van der Waals surface area contributed by atoms with Crippen LogP contribution in [0.25, 0.3) is 56.7 Å². The van der Waals surface area contributed by atoms with Crippen molar-refractivity contribution in [3.05, 3.63) is 152 Å². The fraction of sp³-hybridized carbons (Fsp3) is 0.0256. The highest BCUT2D eigenvalue weighted by Crippen LogP contribution is 2.45. The van der Waals surface area contributed by atoms with Crippen LogP contribution in [0.5, 0.6) is 0 Å². The van der Waals surface area contributed by atoms with Gasteiger partial charge in [0, 0.05) is 65.4 Å². The standard InChI is InChI=1S/C39H26N12/c1-4-10-28(11-5-1)49-34(46-31-37(49)43-19-16-40-31)25-22-26(35-47-32-38(44-20-17-41-32)50(35)29-12-6-2-7-13-29)24-27(23-25)36-48-33-39(45-21-18-42-33)51(36)30-14-8-3-9-15-30/h1-24,34H,(H,40,46). The second kappa shape index (κ2) is 11.7. The van der Waals surface area contributed by atoms with Crippen molar-refractivity contribution >= 4 is 39.9 Å². The Morgan fingerprint density at radius 1 is 0.471 bits per heavy atom. The first-order chi connectivity index (χ1) is 25.3. The zero-order valence-electron chi connectivity index (χ0n) is 26.9. The zero-order valence-corrected chi connectivity index (χ0v) is 26.9. The molecule has 4 aromatic carbocycles. The molecule has 0 amide bonds. The summed E-state index contributed by atoms with van der Waals surface area (Å²) in [6.45, 7) is 0. The number of benzene rings is 4. The van der Waals surface area contributed by atoms with Crippen molar-refractivity contribution in [2.45, 2.75) is 6.17 Å². The average Bonchev–Trinajstić information content (AvgIpc) is 3.91. The third-order valence-electron chi connectivity index (χ3n) is 8.88. The first kappa shape index (κ1) is 28.7. The second-order valence-corrected chi connectivity index (χ2v) is 11.9. The van der Waals surface area contributed by atoms with Gasteiger partial charge in [-0.3, -0.25) is 14.0 Å². The largest absolute Gasteiger partial charge is 0.343 e. The Hall–Kier alpha value is -7.34. The van der Waals surface area contributed by atoms with Gasteiger partial charge in [0.1, 0.15) is 17.8 Å². The molecule has 0 saturated carbocycles. The van der Waals surface area contributed by atoms with Crippen LogP contribution in [0.1, 0.15) is 11.7 Å². The number of nitrogens with one attached hydrogen (secondary N) is 1. The SMILES string of the molecule is c1ccc(N2c3nccnc3NC2c2cc(-c3nc4nccnc4n3-c3ccccc3)cc(-c3nc4nccnc4n3-c3ccccc3)c2)cc1. The van der Waals surface area contributed by atoms with Crippen LogP contribution >= 0.6 is 0 Å². The monoisotopic (exact) mass is 662 g/mol. The summed E-state index contributed by atoms with van der Waals surface area (Å²) in [4.78, 5) is 40.3. The van der Waals surface area contributed by atoms with Gasteiger partial charge in [0.15, 0.2) is 34.2 Å². The molecule has 0 spiro atoms. The van der Waals surface area contributed by atoms with E-state index in [0.717, 1.165) is 39.6 Å². The van der Waals surface area contributed by atoms with Crippen LogP contribution < -0.4 is 10.2 Å². The molecule has 0 radical (unpaired) electrons. The van der Waals surface area contributed by atoms with E-state index in [1.165, 1.54) is 0 Å². The molecule has 12 nitrogen and oxygen atoms in total. The van der Waals surface area contributed by atoms with Crippen LogP contribution in [0.3, 0.4) is 0 Å². The second-order valence-electron chi connectivity index (χ2n) is 11.9. The van der Waals surface area contributed by atoms with E-state index in [1.54, 1.807) is 37.2 Å². The van der Waals surface area contributed by atoms with E-state index in [1.807, 2.05) is 88.0 Å². The van der Waals surface area contributed by atoms with E-state index in [0.29, 0.717) is 40.1 Å². The molecule has 10 rings (SSSR count). The highest BCUT2D eigenvalue weighted by molar-refractivity contribution is 5.83. The van der Waals surface area contributed by atoms with E-state index in [4.69, 9.17) is 24.9 Å². The number of hydrogen-bond acceptors (Lipinski definition) is 10. The Kier molecular flexibility index (Phi) is 6.55. The number of imidazole rings is 2. The van der Waals surface area contributed by atoms with Crippen LogP contribution in [0.2, 0.25) is 0 Å². The lowest BCUT2D eigenvalue weighted by molar-refractivity contribution is 0.819. The normalized spacial score (nSPS) is 13.8. The van der Waals surface area contributed by atoms with Crippen molar-refractivity contribution in [2.24, 2.45) is 0 Å². The Morgan fingerprint density at radius 3 is 1.49 bits per heavy atom. The summed E-state index contributed by atoms with van der Waals surface area (Å²) in [5.41, 5.74) is 7.80. The third-order valence-corrected chi connectivity index (χ3v) is 8.88. The first-order valence-corrected chi connectivity index (χ1v) is 16.4. The molecular formula is C39H26N12. The van der Waals surface area contributed by atoms with Gasteiger partial charge in [0.2, 0.25) is 0 Å². The Balaban J connectivity index is 1.26. The minimum atomic E-state index is -0.375. The molecule has 1 atom stereocenters. The van der Waals surface area contributed by atoms with Gasteiger partial charge in [0.25, 0.3) is 0 Å². The molecule has 12 heteroatoms. The zero-order chi connectivity index (χ0) is 33.7. The number of hydrogen-bond donors (Lipinski definition) is 1. The molecule has 9 aromatic rings. The summed E-state index contributed by atoms with van der Waals surface area (Å²) in [7, 11) is 0. The molecule has 0 bridgehead atoms.